The number of hydrogen-bond donors (Lipinski definition) is 1. The molecule has 0 aliphatic carbocycles. The SMILES string of the molecule is C=C=CCCCCCCCNS(=O)(=O)c1ccc(C)cc1. The number of hydrogen-bond acceptors (Lipinski definition) is 2. The van der Waals surface area contributed by atoms with Gasteiger partial charge in [-0.1, -0.05) is 43.5 Å². The zero-order valence-corrected chi connectivity index (χ0v) is 13.6. The lowest BCUT2D eigenvalue weighted by Gasteiger charge is -2.07. The van der Waals surface area contributed by atoms with Gasteiger partial charge in [-0.05, 0) is 44.4 Å². The zero-order chi connectivity index (χ0) is 15.6. The van der Waals surface area contributed by atoms with E-state index in [0.29, 0.717) is 11.4 Å². The summed E-state index contributed by atoms with van der Waals surface area (Å²) in [5, 5.41) is 0. The first-order valence-electron chi connectivity index (χ1n) is 7.47. The van der Waals surface area contributed by atoms with Gasteiger partial charge in [0.05, 0.1) is 4.90 Å². The molecule has 1 rings (SSSR count). The third-order valence-corrected chi connectivity index (χ3v) is 4.77. The van der Waals surface area contributed by atoms with Gasteiger partial charge in [0.25, 0.3) is 0 Å². The Labute approximate surface area is 128 Å². The van der Waals surface area contributed by atoms with E-state index in [-0.39, 0.29) is 0 Å². The summed E-state index contributed by atoms with van der Waals surface area (Å²) < 4.78 is 26.7. The van der Waals surface area contributed by atoms with Gasteiger partial charge in [-0.15, -0.1) is 5.73 Å². The van der Waals surface area contributed by atoms with Crippen molar-refractivity contribution in [1.82, 2.24) is 4.72 Å². The molecule has 4 heteroatoms. The van der Waals surface area contributed by atoms with Crippen LogP contribution in [0.1, 0.15) is 44.1 Å². The van der Waals surface area contributed by atoms with E-state index in [0.717, 1.165) is 37.7 Å². The van der Waals surface area contributed by atoms with Crippen LogP contribution in [0.4, 0.5) is 0 Å². The standard InChI is InChI=1S/C17H25NO2S/c1-3-4-5-6-7-8-9-10-15-18-21(19,20)17-13-11-16(2)12-14-17/h4,11-14,18H,1,5-10,15H2,2H3. The van der Waals surface area contributed by atoms with Crippen LogP contribution in [0.3, 0.4) is 0 Å². The van der Waals surface area contributed by atoms with Gasteiger partial charge in [0.2, 0.25) is 10.0 Å². The second-order valence-corrected chi connectivity index (χ2v) is 6.94. The number of allylic oxidation sites excluding steroid dienone is 1. The van der Waals surface area contributed by atoms with E-state index < -0.39 is 10.0 Å². The van der Waals surface area contributed by atoms with Crippen LogP contribution < -0.4 is 4.72 Å². The maximum absolute atomic E-state index is 12.0. The van der Waals surface area contributed by atoms with Crippen LogP contribution in [0.15, 0.2) is 47.5 Å². The van der Waals surface area contributed by atoms with E-state index in [9.17, 15) is 8.42 Å². The number of nitrogens with one attached hydrogen (secondary N) is 1. The quantitative estimate of drug-likeness (QED) is 0.525. The molecule has 1 N–H and O–H groups in total. The molecule has 0 fully saturated rings. The highest BCUT2D eigenvalue weighted by atomic mass is 32.2. The van der Waals surface area contributed by atoms with Crippen molar-refractivity contribution in [3.63, 3.8) is 0 Å². The molecular weight excluding hydrogens is 282 g/mol. The molecule has 1 aromatic carbocycles. The van der Waals surface area contributed by atoms with Gasteiger partial charge in [0, 0.05) is 6.54 Å². The van der Waals surface area contributed by atoms with E-state index in [1.165, 1.54) is 6.42 Å². The van der Waals surface area contributed by atoms with Crippen molar-refractivity contribution in [3.8, 4) is 0 Å². The summed E-state index contributed by atoms with van der Waals surface area (Å²) in [6, 6.07) is 6.91. The summed E-state index contributed by atoms with van der Waals surface area (Å²) in [4.78, 5) is 0.337. The predicted molar refractivity (Wildman–Crippen MR) is 87.8 cm³/mol. The Hall–Kier alpha value is -1.35. The smallest absolute Gasteiger partial charge is 0.211 e. The third kappa shape index (κ3) is 7.28. The van der Waals surface area contributed by atoms with Crippen LogP contribution >= 0.6 is 0 Å². The molecule has 21 heavy (non-hydrogen) atoms. The fourth-order valence-corrected chi connectivity index (χ4v) is 3.09. The fraction of sp³-hybridized carbons (Fsp3) is 0.471. The summed E-state index contributed by atoms with van der Waals surface area (Å²) in [6.07, 6.45) is 8.37. The van der Waals surface area contributed by atoms with Crippen LogP contribution in [-0.4, -0.2) is 15.0 Å². The molecule has 0 saturated carbocycles. The van der Waals surface area contributed by atoms with Crippen molar-refractivity contribution in [1.29, 1.82) is 0 Å². The van der Waals surface area contributed by atoms with Crippen molar-refractivity contribution >= 4 is 10.0 Å². The Kier molecular flexibility index (Phi) is 8.06. The molecule has 0 aliphatic heterocycles. The van der Waals surface area contributed by atoms with Gasteiger partial charge in [-0.3, -0.25) is 0 Å². The average molecular weight is 307 g/mol. The Morgan fingerprint density at radius 1 is 1.10 bits per heavy atom. The van der Waals surface area contributed by atoms with Crippen LogP contribution in [0.25, 0.3) is 0 Å². The molecule has 0 bridgehead atoms. The zero-order valence-electron chi connectivity index (χ0n) is 12.8. The summed E-state index contributed by atoms with van der Waals surface area (Å²) in [7, 11) is -3.35. The lowest BCUT2D eigenvalue weighted by atomic mass is 10.1. The normalized spacial score (nSPS) is 11.1. The summed E-state index contributed by atoms with van der Waals surface area (Å²) in [5.41, 5.74) is 3.82. The minimum Gasteiger partial charge on any atom is -0.211 e. The molecule has 0 aliphatic rings. The minimum atomic E-state index is -3.35. The second-order valence-electron chi connectivity index (χ2n) is 5.18. The number of aryl methyl sites for hydroxylation is 1. The van der Waals surface area contributed by atoms with Gasteiger partial charge in [0.15, 0.2) is 0 Å². The van der Waals surface area contributed by atoms with E-state index >= 15 is 0 Å². The molecule has 0 radical (unpaired) electrons. The van der Waals surface area contributed by atoms with E-state index in [2.05, 4.69) is 17.0 Å². The van der Waals surface area contributed by atoms with Crippen LogP contribution in [0.2, 0.25) is 0 Å². The predicted octanol–water partition coefficient (Wildman–Crippen LogP) is 3.96. The Balaban J connectivity index is 2.19. The average Bonchev–Trinajstić information content (AvgIpc) is 2.46. The number of sulfonamides is 1. The summed E-state index contributed by atoms with van der Waals surface area (Å²) in [5.74, 6) is 0. The molecule has 0 unspecified atom stereocenters. The monoisotopic (exact) mass is 307 g/mol. The Bertz CT molecular complexity index is 555. The summed E-state index contributed by atoms with van der Waals surface area (Å²) in [6.45, 7) is 5.97. The summed E-state index contributed by atoms with van der Waals surface area (Å²) >= 11 is 0. The van der Waals surface area contributed by atoms with Crippen molar-refractivity contribution in [2.24, 2.45) is 0 Å². The van der Waals surface area contributed by atoms with E-state index in [4.69, 9.17) is 0 Å². The molecule has 0 aromatic heterocycles. The highest BCUT2D eigenvalue weighted by Crippen LogP contribution is 2.10. The minimum absolute atomic E-state index is 0.337. The van der Waals surface area contributed by atoms with Gasteiger partial charge in [0.1, 0.15) is 0 Å². The second kappa shape index (κ2) is 9.56. The molecule has 0 saturated heterocycles. The van der Waals surface area contributed by atoms with Crippen LogP contribution in [0.5, 0.6) is 0 Å². The number of unbranched alkanes of at least 4 members (excludes halogenated alkanes) is 5. The number of benzene rings is 1. The van der Waals surface area contributed by atoms with E-state index in [1.54, 1.807) is 12.1 Å². The van der Waals surface area contributed by atoms with Crippen molar-refractivity contribution in [2.75, 3.05) is 6.54 Å². The molecule has 1 aromatic rings. The van der Waals surface area contributed by atoms with E-state index in [1.807, 2.05) is 25.1 Å². The Morgan fingerprint density at radius 3 is 2.38 bits per heavy atom. The maximum atomic E-state index is 12.0. The Morgan fingerprint density at radius 2 is 1.71 bits per heavy atom. The first kappa shape index (κ1) is 17.7. The molecular formula is C17H25NO2S. The van der Waals surface area contributed by atoms with Gasteiger partial charge >= 0.3 is 0 Å². The lowest BCUT2D eigenvalue weighted by molar-refractivity contribution is 0.569. The highest BCUT2D eigenvalue weighted by Gasteiger charge is 2.12. The van der Waals surface area contributed by atoms with Crippen LogP contribution in [0, 0.1) is 6.92 Å². The first-order chi connectivity index (χ1) is 10.1. The lowest BCUT2D eigenvalue weighted by Crippen LogP contribution is -2.24. The first-order valence-corrected chi connectivity index (χ1v) is 8.95. The highest BCUT2D eigenvalue weighted by molar-refractivity contribution is 7.89. The largest absolute Gasteiger partial charge is 0.240 e. The van der Waals surface area contributed by atoms with Gasteiger partial charge < -0.3 is 0 Å². The molecule has 0 amide bonds. The topological polar surface area (TPSA) is 46.2 Å². The molecule has 0 heterocycles. The van der Waals surface area contributed by atoms with Crippen molar-refractivity contribution in [3.05, 3.63) is 48.2 Å². The third-order valence-electron chi connectivity index (χ3n) is 3.29. The fourth-order valence-electron chi connectivity index (χ4n) is 2.01. The molecule has 3 nitrogen and oxygen atoms in total. The molecule has 0 atom stereocenters. The van der Waals surface area contributed by atoms with Gasteiger partial charge in [-0.25, -0.2) is 13.1 Å². The maximum Gasteiger partial charge on any atom is 0.240 e. The van der Waals surface area contributed by atoms with Crippen molar-refractivity contribution < 1.29 is 8.42 Å². The van der Waals surface area contributed by atoms with Gasteiger partial charge in [-0.2, -0.15) is 0 Å². The molecule has 0 spiro atoms. The van der Waals surface area contributed by atoms with Crippen LogP contribution in [-0.2, 0) is 10.0 Å². The molecule has 116 valence electrons. The van der Waals surface area contributed by atoms with Crippen molar-refractivity contribution in [2.45, 2.75) is 50.3 Å². The number of rotatable bonds is 10.